The number of hydrogen-bond donors (Lipinski definition) is 1. The van der Waals surface area contributed by atoms with E-state index in [0.717, 1.165) is 18.4 Å². The molecule has 0 saturated carbocycles. The molecule has 0 fully saturated rings. The van der Waals surface area contributed by atoms with E-state index in [0.29, 0.717) is 17.0 Å². The standard InChI is InChI=1S/C11H13ClFN/c12-9-5-1-3-8-4-2-6-11(13,7-14)10(8)9/h1,3,5H,2,4,6-7,14H2. The average Bonchev–Trinajstić information content (AvgIpc) is 2.18. The molecule has 1 nitrogen and oxygen atoms in total. The molecule has 1 aromatic carbocycles. The van der Waals surface area contributed by atoms with Crippen molar-refractivity contribution < 1.29 is 4.39 Å². The number of fused-ring (bicyclic) bond motifs is 1. The zero-order valence-electron chi connectivity index (χ0n) is 7.89. The van der Waals surface area contributed by atoms with Gasteiger partial charge in [0.25, 0.3) is 0 Å². The Kier molecular flexibility index (Phi) is 2.50. The second-order valence-corrected chi connectivity index (χ2v) is 4.20. The summed E-state index contributed by atoms with van der Waals surface area (Å²) in [5.74, 6) is 0. The highest BCUT2D eigenvalue weighted by atomic mass is 35.5. The predicted molar refractivity (Wildman–Crippen MR) is 56.2 cm³/mol. The van der Waals surface area contributed by atoms with E-state index in [1.807, 2.05) is 12.1 Å². The second kappa shape index (κ2) is 3.52. The van der Waals surface area contributed by atoms with Crippen molar-refractivity contribution in [3.63, 3.8) is 0 Å². The lowest BCUT2D eigenvalue weighted by Crippen LogP contribution is -2.34. The fourth-order valence-corrected chi connectivity index (χ4v) is 2.53. The van der Waals surface area contributed by atoms with Gasteiger partial charge in [0, 0.05) is 17.1 Å². The maximum Gasteiger partial charge on any atom is 0.149 e. The summed E-state index contributed by atoms with van der Waals surface area (Å²) < 4.78 is 14.3. The lowest BCUT2D eigenvalue weighted by Gasteiger charge is -2.31. The quantitative estimate of drug-likeness (QED) is 0.763. The molecule has 14 heavy (non-hydrogen) atoms. The second-order valence-electron chi connectivity index (χ2n) is 3.80. The largest absolute Gasteiger partial charge is 0.327 e. The number of hydrogen-bond acceptors (Lipinski definition) is 1. The summed E-state index contributed by atoms with van der Waals surface area (Å²) in [7, 11) is 0. The molecule has 0 saturated heterocycles. The molecule has 1 aliphatic carbocycles. The van der Waals surface area contributed by atoms with Crippen molar-refractivity contribution in [1.29, 1.82) is 0 Å². The highest BCUT2D eigenvalue weighted by molar-refractivity contribution is 6.31. The summed E-state index contributed by atoms with van der Waals surface area (Å²) in [5, 5.41) is 0.509. The third-order valence-electron chi connectivity index (χ3n) is 2.89. The first-order chi connectivity index (χ1) is 6.67. The van der Waals surface area contributed by atoms with E-state index in [9.17, 15) is 4.39 Å². The Balaban J connectivity index is 2.58. The molecule has 1 aromatic rings. The third kappa shape index (κ3) is 1.43. The van der Waals surface area contributed by atoms with Crippen LogP contribution in [0.5, 0.6) is 0 Å². The molecular formula is C11H13ClFN. The minimum Gasteiger partial charge on any atom is -0.327 e. The maximum absolute atomic E-state index is 14.3. The van der Waals surface area contributed by atoms with Crippen LogP contribution in [0.15, 0.2) is 18.2 Å². The van der Waals surface area contributed by atoms with Gasteiger partial charge in [-0.25, -0.2) is 4.39 Å². The Hall–Kier alpha value is -0.600. The smallest absolute Gasteiger partial charge is 0.149 e. The van der Waals surface area contributed by atoms with Crippen LogP contribution in [0, 0.1) is 0 Å². The SMILES string of the molecule is NCC1(F)CCCc2cccc(Cl)c21. The van der Waals surface area contributed by atoms with Crippen molar-refractivity contribution in [1.82, 2.24) is 0 Å². The van der Waals surface area contributed by atoms with E-state index < -0.39 is 5.67 Å². The zero-order chi connectivity index (χ0) is 10.2. The van der Waals surface area contributed by atoms with E-state index in [1.165, 1.54) is 0 Å². The van der Waals surface area contributed by atoms with Crippen LogP contribution in [0.2, 0.25) is 5.02 Å². The molecule has 3 heteroatoms. The third-order valence-corrected chi connectivity index (χ3v) is 3.21. The number of nitrogens with two attached hydrogens (primary N) is 1. The van der Waals surface area contributed by atoms with Crippen LogP contribution in [0.1, 0.15) is 24.0 Å². The number of benzene rings is 1. The van der Waals surface area contributed by atoms with E-state index in [4.69, 9.17) is 17.3 Å². The number of aryl methyl sites for hydroxylation is 1. The summed E-state index contributed by atoms with van der Waals surface area (Å²) in [5.41, 5.74) is 5.71. The average molecular weight is 214 g/mol. The van der Waals surface area contributed by atoms with E-state index in [2.05, 4.69) is 0 Å². The number of alkyl halides is 1. The topological polar surface area (TPSA) is 26.0 Å². The minimum atomic E-state index is -1.41. The summed E-state index contributed by atoms with van der Waals surface area (Å²) in [6.45, 7) is 0.0176. The normalized spacial score (nSPS) is 25.9. The molecule has 1 atom stereocenters. The van der Waals surface area contributed by atoms with Crippen molar-refractivity contribution in [3.05, 3.63) is 34.3 Å². The van der Waals surface area contributed by atoms with Gasteiger partial charge in [-0.3, -0.25) is 0 Å². The molecule has 2 rings (SSSR count). The van der Waals surface area contributed by atoms with Crippen LogP contribution in [0.25, 0.3) is 0 Å². The first-order valence-electron chi connectivity index (χ1n) is 4.84. The lowest BCUT2D eigenvalue weighted by atomic mass is 9.80. The first kappa shape index (κ1) is 9.94. The van der Waals surface area contributed by atoms with Crippen molar-refractivity contribution >= 4 is 11.6 Å². The molecule has 0 heterocycles. The van der Waals surface area contributed by atoms with Gasteiger partial charge in [-0.2, -0.15) is 0 Å². The Bertz CT molecular complexity index is 353. The molecule has 0 aromatic heterocycles. The van der Waals surface area contributed by atoms with Crippen LogP contribution >= 0.6 is 11.6 Å². The van der Waals surface area contributed by atoms with E-state index >= 15 is 0 Å². The summed E-state index contributed by atoms with van der Waals surface area (Å²) in [4.78, 5) is 0. The van der Waals surface area contributed by atoms with Gasteiger partial charge in [0.05, 0.1) is 0 Å². The molecule has 0 aliphatic heterocycles. The summed E-state index contributed by atoms with van der Waals surface area (Å²) in [6, 6.07) is 5.53. The van der Waals surface area contributed by atoms with Crippen molar-refractivity contribution in [2.24, 2.45) is 5.73 Å². The number of halogens is 2. The van der Waals surface area contributed by atoms with Crippen molar-refractivity contribution in [2.45, 2.75) is 24.9 Å². The predicted octanol–water partition coefficient (Wildman–Crippen LogP) is 2.80. The monoisotopic (exact) mass is 213 g/mol. The van der Waals surface area contributed by atoms with Crippen LogP contribution in [-0.4, -0.2) is 6.54 Å². The molecule has 1 aliphatic rings. The van der Waals surface area contributed by atoms with Gasteiger partial charge in [-0.05, 0) is 30.9 Å². The summed E-state index contributed by atoms with van der Waals surface area (Å²) >= 11 is 6.01. The van der Waals surface area contributed by atoms with Gasteiger partial charge < -0.3 is 5.73 Å². The van der Waals surface area contributed by atoms with Crippen LogP contribution in [-0.2, 0) is 12.1 Å². The molecule has 76 valence electrons. The molecule has 0 radical (unpaired) electrons. The van der Waals surface area contributed by atoms with E-state index in [1.54, 1.807) is 6.07 Å². The van der Waals surface area contributed by atoms with Gasteiger partial charge >= 0.3 is 0 Å². The Morgan fingerprint density at radius 1 is 1.50 bits per heavy atom. The number of rotatable bonds is 1. The van der Waals surface area contributed by atoms with Crippen LogP contribution in [0.4, 0.5) is 4.39 Å². The Morgan fingerprint density at radius 3 is 3.00 bits per heavy atom. The molecule has 0 amide bonds. The van der Waals surface area contributed by atoms with E-state index in [-0.39, 0.29) is 6.54 Å². The highest BCUT2D eigenvalue weighted by Gasteiger charge is 2.36. The molecule has 1 unspecified atom stereocenters. The maximum atomic E-state index is 14.3. The minimum absolute atomic E-state index is 0.0176. The zero-order valence-corrected chi connectivity index (χ0v) is 8.65. The van der Waals surface area contributed by atoms with Gasteiger partial charge in [-0.1, -0.05) is 23.7 Å². The molecule has 0 bridgehead atoms. The van der Waals surface area contributed by atoms with Crippen molar-refractivity contribution in [2.75, 3.05) is 6.54 Å². The van der Waals surface area contributed by atoms with Crippen LogP contribution < -0.4 is 5.73 Å². The van der Waals surface area contributed by atoms with Crippen molar-refractivity contribution in [3.8, 4) is 0 Å². The molecule has 0 spiro atoms. The van der Waals surface area contributed by atoms with Gasteiger partial charge in [-0.15, -0.1) is 0 Å². The first-order valence-corrected chi connectivity index (χ1v) is 5.22. The molecule has 2 N–H and O–H groups in total. The van der Waals surface area contributed by atoms with Gasteiger partial charge in [0.15, 0.2) is 0 Å². The fraction of sp³-hybridized carbons (Fsp3) is 0.455. The Labute approximate surface area is 88.1 Å². The van der Waals surface area contributed by atoms with Gasteiger partial charge in [0.1, 0.15) is 5.67 Å². The van der Waals surface area contributed by atoms with Crippen LogP contribution in [0.3, 0.4) is 0 Å². The lowest BCUT2D eigenvalue weighted by molar-refractivity contribution is 0.147. The Morgan fingerprint density at radius 2 is 2.29 bits per heavy atom. The van der Waals surface area contributed by atoms with Gasteiger partial charge in [0.2, 0.25) is 0 Å². The molecular weight excluding hydrogens is 201 g/mol. The highest BCUT2D eigenvalue weighted by Crippen LogP contribution is 2.41. The fourth-order valence-electron chi connectivity index (χ4n) is 2.17. The summed E-state index contributed by atoms with van der Waals surface area (Å²) in [6.07, 6.45) is 2.24.